The number of carbonyl (C=O) groups excluding carboxylic acids is 1. The molecular weight excluding hydrogens is 253 g/mol. The van der Waals surface area contributed by atoms with Gasteiger partial charge in [0.25, 0.3) is 0 Å². The number of Topliss-reactive ketones (excluding diaryl/α,β-unsaturated/α-hetero) is 1. The Morgan fingerprint density at radius 2 is 1.79 bits per heavy atom. The topological polar surface area (TPSA) is 17.1 Å². The summed E-state index contributed by atoms with van der Waals surface area (Å²) < 4.78 is 38.4. The molecule has 1 fully saturated rings. The molecular formula is C15H17F3O. The van der Waals surface area contributed by atoms with E-state index in [-0.39, 0.29) is 17.8 Å². The van der Waals surface area contributed by atoms with Crippen LogP contribution in [0.3, 0.4) is 0 Å². The molecule has 0 aromatic heterocycles. The molecule has 19 heavy (non-hydrogen) atoms. The highest BCUT2D eigenvalue weighted by atomic mass is 19.4. The molecule has 0 aliphatic heterocycles. The Labute approximate surface area is 110 Å². The first-order valence-corrected chi connectivity index (χ1v) is 6.68. The van der Waals surface area contributed by atoms with Crippen molar-refractivity contribution in [2.75, 3.05) is 0 Å². The molecule has 1 nitrogen and oxygen atoms in total. The lowest BCUT2D eigenvalue weighted by Gasteiger charge is -2.13. The van der Waals surface area contributed by atoms with Gasteiger partial charge in [-0.15, -0.1) is 0 Å². The van der Waals surface area contributed by atoms with E-state index in [4.69, 9.17) is 0 Å². The largest absolute Gasteiger partial charge is 0.417 e. The number of hydrogen-bond donors (Lipinski definition) is 0. The van der Waals surface area contributed by atoms with Crippen LogP contribution in [0.4, 0.5) is 13.2 Å². The van der Waals surface area contributed by atoms with Gasteiger partial charge in [-0.1, -0.05) is 43.9 Å². The van der Waals surface area contributed by atoms with E-state index in [1.165, 1.54) is 31.0 Å². The van der Waals surface area contributed by atoms with Crippen molar-refractivity contribution in [2.24, 2.45) is 5.92 Å². The molecule has 1 aliphatic rings. The molecule has 1 saturated carbocycles. The molecule has 0 spiro atoms. The summed E-state index contributed by atoms with van der Waals surface area (Å²) in [5, 5.41) is 0. The number of hydrogen-bond acceptors (Lipinski definition) is 1. The highest BCUT2D eigenvalue weighted by Gasteiger charge is 2.34. The van der Waals surface area contributed by atoms with Gasteiger partial charge < -0.3 is 0 Å². The highest BCUT2D eigenvalue weighted by Crippen LogP contribution is 2.33. The van der Waals surface area contributed by atoms with Crippen molar-refractivity contribution in [1.29, 1.82) is 0 Å². The SMILES string of the molecule is O=C(CCC1CCCC1)c1ccccc1C(F)(F)F. The molecule has 0 saturated heterocycles. The third-order valence-corrected chi connectivity index (χ3v) is 3.79. The molecule has 0 bridgehead atoms. The molecule has 104 valence electrons. The van der Waals surface area contributed by atoms with Crippen molar-refractivity contribution in [2.45, 2.75) is 44.7 Å². The van der Waals surface area contributed by atoms with Gasteiger partial charge >= 0.3 is 6.18 Å². The summed E-state index contributed by atoms with van der Waals surface area (Å²) in [6.07, 6.45) is 1.04. The summed E-state index contributed by atoms with van der Waals surface area (Å²) in [7, 11) is 0. The van der Waals surface area contributed by atoms with Crippen molar-refractivity contribution in [3.05, 3.63) is 35.4 Å². The van der Waals surface area contributed by atoms with E-state index in [0.717, 1.165) is 18.9 Å². The molecule has 4 heteroatoms. The number of alkyl halides is 3. The zero-order valence-electron chi connectivity index (χ0n) is 10.7. The maximum Gasteiger partial charge on any atom is 0.417 e. The maximum atomic E-state index is 12.8. The van der Waals surface area contributed by atoms with Crippen LogP contribution in [0.1, 0.15) is 54.4 Å². The fourth-order valence-electron chi connectivity index (χ4n) is 2.74. The summed E-state index contributed by atoms with van der Waals surface area (Å²) in [5.74, 6) is 0.127. The standard InChI is InChI=1S/C15H17F3O/c16-15(17,18)13-8-4-3-7-12(13)14(19)10-9-11-5-1-2-6-11/h3-4,7-8,11H,1-2,5-6,9-10H2. The fourth-order valence-corrected chi connectivity index (χ4v) is 2.74. The van der Waals surface area contributed by atoms with Crippen LogP contribution in [0.2, 0.25) is 0 Å². The second-order valence-corrected chi connectivity index (χ2v) is 5.16. The summed E-state index contributed by atoms with van der Waals surface area (Å²) in [4.78, 5) is 12.0. The lowest BCUT2D eigenvalue weighted by atomic mass is 9.95. The van der Waals surface area contributed by atoms with E-state index in [1.807, 2.05) is 0 Å². The van der Waals surface area contributed by atoms with Gasteiger partial charge in [-0.05, 0) is 18.4 Å². The predicted octanol–water partition coefficient (Wildman–Crippen LogP) is 4.86. The third kappa shape index (κ3) is 3.58. The Kier molecular flexibility index (Phi) is 4.27. The number of ketones is 1. The van der Waals surface area contributed by atoms with Gasteiger partial charge in [0.2, 0.25) is 0 Å². The van der Waals surface area contributed by atoms with Crippen molar-refractivity contribution < 1.29 is 18.0 Å². The number of halogens is 3. The van der Waals surface area contributed by atoms with E-state index in [0.29, 0.717) is 12.3 Å². The highest BCUT2D eigenvalue weighted by molar-refractivity contribution is 5.97. The normalized spacial score (nSPS) is 16.8. The van der Waals surface area contributed by atoms with Crippen molar-refractivity contribution >= 4 is 5.78 Å². The average Bonchev–Trinajstić information content (AvgIpc) is 2.88. The monoisotopic (exact) mass is 270 g/mol. The Bertz CT molecular complexity index is 445. The summed E-state index contributed by atoms with van der Waals surface area (Å²) in [6.45, 7) is 0. The minimum absolute atomic E-state index is 0.187. The van der Waals surface area contributed by atoms with E-state index in [2.05, 4.69) is 0 Å². The van der Waals surface area contributed by atoms with E-state index in [9.17, 15) is 18.0 Å². The maximum absolute atomic E-state index is 12.8. The number of rotatable bonds is 4. The molecule has 1 aromatic rings. The van der Waals surface area contributed by atoms with Crippen LogP contribution in [0.25, 0.3) is 0 Å². The quantitative estimate of drug-likeness (QED) is 0.714. The first-order chi connectivity index (χ1) is 8.98. The van der Waals surface area contributed by atoms with Crippen LogP contribution < -0.4 is 0 Å². The second-order valence-electron chi connectivity index (χ2n) is 5.16. The Morgan fingerprint density at radius 3 is 2.42 bits per heavy atom. The molecule has 2 rings (SSSR count). The van der Waals surface area contributed by atoms with Crippen LogP contribution in [0.15, 0.2) is 24.3 Å². The number of carbonyl (C=O) groups is 1. The smallest absolute Gasteiger partial charge is 0.294 e. The summed E-state index contributed by atoms with van der Waals surface area (Å²) >= 11 is 0. The lowest BCUT2D eigenvalue weighted by molar-refractivity contribution is -0.137. The lowest BCUT2D eigenvalue weighted by Crippen LogP contribution is -2.13. The van der Waals surface area contributed by atoms with E-state index in [1.54, 1.807) is 0 Å². The van der Waals surface area contributed by atoms with E-state index >= 15 is 0 Å². The average molecular weight is 270 g/mol. The van der Waals surface area contributed by atoms with Crippen molar-refractivity contribution in [1.82, 2.24) is 0 Å². The van der Waals surface area contributed by atoms with Gasteiger partial charge in [-0.25, -0.2) is 0 Å². The van der Waals surface area contributed by atoms with Gasteiger partial charge in [0.15, 0.2) is 5.78 Å². The van der Waals surface area contributed by atoms with Crippen LogP contribution in [0, 0.1) is 5.92 Å². The van der Waals surface area contributed by atoms with Crippen LogP contribution in [-0.2, 0) is 6.18 Å². The van der Waals surface area contributed by atoms with Gasteiger partial charge in [-0.2, -0.15) is 13.2 Å². The minimum atomic E-state index is -4.46. The van der Waals surface area contributed by atoms with Crippen LogP contribution >= 0.6 is 0 Å². The molecule has 0 radical (unpaired) electrons. The summed E-state index contributed by atoms with van der Waals surface area (Å²) in [6, 6.07) is 5.05. The molecule has 0 heterocycles. The Hall–Kier alpha value is -1.32. The number of benzene rings is 1. The molecule has 0 atom stereocenters. The zero-order valence-corrected chi connectivity index (χ0v) is 10.7. The van der Waals surface area contributed by atoms with Crippen molar-refractivity contribution in [3.8, 4) is 0 Å². The Balaban J connectivity index is 2.06. The predicted molar refractivity (Wildman–Crippen MR) is 67.0 cm³/mol. The molecule has 1 aromatic carbocycles. The van der Waals surface area contributed by atoms with Gasteiger partial charge in [0.05, 0.1) is 5.56 Å². The molecule has 0 N–H and O–H groups in total. The van der Waals surface area contributed by atoms with Gasteiger partial charge in [0, 0.05) is 12.0 Å². The van der Waals surface area contributed by atoms with Crippen LogP contribution in [-0.4, -0.2) is 5.78 Å². The summed E-state index contributed by atoms with van der Waals surface area (Å²) in [5.41, 5.74) is -1.00. The second kappa shape index (κ2) is 5.76. The zero-order chi connectivity index (χ0) is 13.9. The third-order valence-electron chi connectivity index (χ3n) is 3.79. The Morgan fingerprint density at radius 1 is 1.16 bits per heavy atom. The van der Waals surface area contributed by atoms with Gasteiger partial charge in [0.1, 0.15) is 0 Å². The molecule has 0 amide bonds. The minimum Gasteiger partial charge on any atom is -0.294 e. The van der Waals surface area contributed by atoms with Crippen LogP contribution in [0.5, 0.6) is 0 Å². The fraction of sp³-hybridized carbons (Fsp3) is 0.533. The van der Waals surface area contributed by atoms with Gasteiger partial charge in [-0.3, -0.25) is 4.79 Å². The van der Waals surface area contributed by atoms with Crippen molar-refractivity contribution in [3.63, 3.8) is 0 Å². The first-order valence-electron chi connectivity index (χ1n) is 6.68. The van der Waals surface area contributed by atoms with E-state index < -0.39 is 11.7 Å². The molecule has 0 unspecified atom stereocenters. The molecule has 1 aliphatic carbocycles. The first kappa shape index (κ1) is 14.1.